The number of carbonyl (C=O) groups excluding carboxylic acids is 1. The van der Waals surface area contributed by atoms with E-state index in [2.05, 4.69) is 53.6 Å². The zero-order valence-corrected chi connectivity index (χ0v) is 14.5. The highest BCUT2D eigenvalue weighted by Crippen LogP contribution is 2.27. The summed E-state index contributed by atoms with van der Waals surface area (Å²) in [5.41, 5.74) is 3.72. The molecule has 0 aromatic heterocycles. The van der Waals surface area contributed by atoms with Crippen molar-refractivity contribution in [1.82, 2.24) is 4.90 Å². The predicted molar refractivity (Wildman–Crippen MR) is 97.1 cm³/mol. The fourth-order valence-electron chi connectivity index (χ4n) is 2.95. The lowest BCUT2D eigenvalue weighted by molar-refractivity contribution is -0.128. The predicted octanol–water partition coefficient (Wildman–Crippen LogP) is 3.43. The van der Waals surface area contributed by atoms with Crippen LogP contribution in [0.25, 0.3) is 0 Å². The van der Waals surface area contributed by atoms with Crippen molar-refractivity contribution in [3.8, 4) is 0 Å². The van der Waals surface area contributed by atoms with Crippen LogP contribution < -0.4 is 4.90 Å². The average Bonchev–Trinajstić information content (AvgIpc) is 2.98. The molecule has 3 rings (SSSR count). The molecule has 0 bridgehead atoms. The van der Waals surface area contributed by atoms with Crippen molar-refractivity contribution in [1.29, 1.82) is 0 Å². The Morgan fingerprint density at radius 3 is 2.65 bits per heavy atom. The zero-order chi connectivity index (χ0) is 16.2. The third kappa shape index (κ3) is 3.70. The maximum atomic E-state index is 12.5. The van der Waals surface area contributed by atoms with Crippen LogP contribution in [0.3, 0.4) is 0 Å². The van der Waals surface area contributed by atoms with E-state index in [0.29, 0.717) is 13.1 Å². The lowest BCUT2D eigenvalue weighted by atomic mass is 10.2. The maximum absolute atomic E-state index is 12.5. The van der Waals surface area contributed by atoms with Gasteiger partial charge in [-0.2, -0.15) is 0 Å². The van der Waals surface area contributed by atoms with Crippen LogP contribution in [0.5, 0.6) is 0 Å². The summed E-state index contributed by atoms with van der Waals surface area (Å²) in [6, 6.07) is 16.8. The van der Waals surface area contributed by atoms with E-state index >= 15 is 0 Å². The Bertz CT molecular complexity index is 684. The number of anilines is 1. The molecule has 2 aromatic carbocycles. The quantitative estimate of drug-likeness (QED) is 0.787. The summed E-state index contributed by atoms with van der Waals surface area (Å²) in [4.78, 5) is 17.8. The number of carbonyl (C=O) groups is 1. The number of hydrogen-bond donors (Lipinski definition) is 0. The van der Waals surface area contributed by atoms with E-state index in [1.165, 1.54) is 21.7 Å². The van der Waals surface area contributed by atoms with Crippen molar-refractivity contribution in [2.75, 3.05) is 31.3 Å². The minimum atomic E-state index is 0.163. The van der Waals surface area contributed by atoms with Gasteiger partial charge in [-0.3, -0.25) is 4.79 Å². The molecule has 23 heavy (non-hydrogen) atoms. The SMILES string of the molecule is CSc1ccc(CN(C)C(=O)CN2CCc3ccccc32)cc1. The summed E-state index contributed by atoms with van der Waals surface area (Å²) in [5, 5.41) is 0. The summed E-state index contributed by atoms with van der Waals surface area (Å²) in [7, 11) is 1.88. The third-order valence-corrected chi connectivity index (χ3v) is 5.06. The lowest BCUT2D eigenvalue weighted by Crippen LogP contribution is -2.37. The van der Waals surface area contributed by atoms with Crippen molar-refractivity contribution in [3.63, 3.8) is 0 Å². The highest BCUT2D eigenvalue weighted by Gasteiger charge is 2.21. The topological polar surface area (TPSA) is 23.6 Å². The van der Waals surface area contributed by atoms with Gasteiger partial charge in [0.25, 0.3) is 0 Å². The molecule has 120 valence electrons. The van der Waals surface area contributed by atoms with Crippen LogP contribution in [0, 0.1) is 0 Å². The second kappa shape index (κ2) is 7.09. The maximum Gasteiger partial charge on any atom is 0.242 e. The number of para-hydroxylation sites is 1. The van der Waals surface area contributed by atoms with E-state index in [4.69, 9.17) is 0 Å². The van der Waals surface area contributed by atoms with E-state index in [0.717, 1.165) is 13.0 Å². The number of likely N-dealkylation sites (N-methyl/N-ethyl adjacent to an activating group) is 1. The number of rotatable bonds is 5. The van der Waals surface area contributed by atoms with Crippen LogP contribution in [0.15, 0.2) is 53.4 Å². The first-order valence-electron chi connectivity index (χ1n) is 7.87. The summed E-state index contributed by atoms with van der Waals surface area (Å²) in [6.07, 6.45) is 3.10. The smallest absolute Gasteiger partial charge is 0.242 e. The normalized spacial score (nSPS) is 13.0. The van der Waals surface area contributed by atoms with Gasteiger partial charge in [-0.1, -0.05) is 30.3 Å². The summed E-state index contributed by atoms with van der Waals surface area (Å²) >= 11 is 1.73. The monoisotopic (exact) mass is 326 g/mol. The van der Waals surface area contributed by atoms with E-state index in [9.17, 15) is 4.79 Å². The molecule has 2 aromatic rings. The van der Waals surface area contributed by atoms with Gasteiger partial charge in [-0.15, -0.1) is 11.8 Å². The Kier molecular flexibility index (Phi) is 4.91. The fraction of sp³-hybridized carbons (Fsp3) is 0.316. The highest BCUT2D eigenvalue weighted by atomic mass is 32.2. The van der Waals surface area contributed by atoms with Crippen LogP contribution in [0.2, 0.25) is 0 Å². The molecule has 4 heteroatoms. The minimum absolute atomic E-state index is 0.163. The van der Waals surface area contributed by atoms with Gasteiger partial charge in [-0.25, -0.2) is 0 Å². The molecule has 0 unspecified atom stereocenters. The molecule has 0 fully saturated rings. The Morgan fingerprint density at radius 1 is 1.17 bits per heavy atom. The van der Waals surface area contributed by atoms with Crippen LogP contribution in [0.4, 0.5) is 5.69 Å². The summed E-state index contributed by atoms with van der Waals surface area (Å²) in [5.74, 6) is 0.163. The largest absolute Gasteiger partial charge is 0.362 e. The molecule has 1 aliphatic rings. The van der Waals surface area contributed by atoms with Crippen molar-refractivity contribution in [2.45, 2.75) is 17.9 Å². The molecule has 1 amide bonds. The van der Waals surface area contributed by atoms with Crippen molar-refractivity contribution in [2.24, 2.45) is 0 Å². The Morgan fingerprint density at radius 2 is 1.91 bits per heavy atom. The molecule has 0 spiro atoms. The van der Waals surface area contributed by atoms with Crippen LogP contribution >= 0.6 is 11.8 Å². The number of benzene rings is 2. The van der Waals surface area contributed by atoms with Crippen molar-refractivity contribution >= 4 is 23.4 Å². The molecule has 3 nitrogen and oxygen atoms in total. The van der Waals surface area contributed by atoms with Crippen LogP contribution in [0.1, 0.15) is 11.1 Å². The first kappa shape index (κ1) is 15.9. The standard InChI is InChI=1S/C19H22N2OS/c1-20(13-15-7-9-17(23-2)10-8-15)19(22)14-21-12-11-16-5-3-4-6-18(16)21/h3-10H,11-14H2,1-2H3. The van der Waals surface area contributed by atoms with Gasteiger partial charge < -0.3 is 9.80 Å². The number of amides is 1. The number of thioether (sulfide) groups is 1. The molecule has 0 radical (unpaired) electrons. The molecular formula is C19H22N2OS. The van der Waals surface area contributed by atoms with Gasteiger partial charge in [0, 0.05) is 30.7 Å². The molecule has 0 saturated heterocycles. The molecule has 0 atom stereocenters. The zero-order valence-electron chi connectivity index (χ0n) is 13.7. The van der Waals surface area contributed by atoms with Gasteiger partial charge in [0.15, 0.2) is 0 Å². The Hall–Kier alpha value is -1.94. The van der Waals surface area contributed by atoms with Gasteiger partial charge in [0.2, 0.25) is 5.91 Å². The van der Waals surface area contributed by atoms with E-state index in [-0.39, 0.29) is 5.91 Å². The van der Waals surface area contributed by atoms with Gasteiger partial charge >= 0.3 is 0 Å². The van der Waals surface area contributed by atoms with Gasteiger partial charge in [-0.05, 0) is 42.0 Å². The average molecular weight is 326 g/mol. The Labute approximate surface area is 142 Å². The summed E-state index contributed by atoms with van der Waals surface area (Å²) < 4.78 is 0. The molecule has 0 N–H and O–H groups in total. The number of nitrogens with zero attached hydrogens (tertiary/aromatic N) is 2. The third-order valence-electron chi connectivity index (χ3n) is 4.31. The Balaban J connectivity index is 1.59. The van der Waals surface area contributed by atoms with Crippen LogP contribution in [-0.4, -0.2) is 37.2 Å². The minimum Gasteiger partial charge on any atom is -0.362 e. The highest BCUT2D eigenvalue weighted by molar-refractivity contribution is 7.98. The fourth-order valence-corrected chi connectivity index (χ4v) is 3.36. The number of hydrogen-bond acceptors (Lipinski definition) is 3. The van der Waals surface area contributed by atoms with Crippen LogP contribution in [-0.2, 0) is 17.8 Å². The molecule has 0 aliphatic carbocycles. The number of fused-ring (bicyclic) bond motifs is 1. The first-order chi connectivity index (χ1) is 11.2. The lowest BCUT2D eigenvalue weighted by Gasteiger charge is -2.23. The van der Waals surface area contributed by atoms with E-state index in [1.54, 1.807) is 11.8 Å². The van der Waals surface area contributed by atoms with E-state index in [1.807, 2.05) is 18.0 Å². The molecule has 1 aliphatic heterocycles. The summed E-state index contributed by atoms with van der Waals surface area (Å²) in [6.45, 7) is 2.04. The first-order valence-corrected chi connectivity index (χ1v) is 9.09. The van der Waals surface area contributed by atoms with Gasteiger partial charge in [0.1, 0.15) is 0 Å². The molecule has 0 saturated carbocycles. The second-order valence-corrected chi connectivity index (χ2v) is 6.78. The second-order valence-electron chi connectivity index (χ2n) is 5.90. The van der Waals surface area contributed by atoms with Crippen molar-refractivity contribution in [3.05, 3.63) is 59.7 Å². The molecular weight excluding hydrogens is 304 g/mol. The van der Waals surface area contributed by atoms with E-state index < -0.39 is 0 Å². The van der Waals surface area contributed by atoms with Crippen molar-refractivity contribution < 1.29 is 4.79 Å². The van der Waals surface area contributed by atoms with Gasteiger partial charge in [0.05, 0.1) is 6.54 Å². The molecule has 1 heterocycles.